The number of nitrogens with zero attached hydrogens (tertiary/aromatic N) is 2. The Bertz CT molecular complexity index is 1140. The second-order valence-corrected chi connectivity index (χ2v) is 10.1. The molecule has 3 atom stereocenters. The fourth-order valence-corrected chi connectivity index (χ4v) is 5.73. The summed E-state index contributed by atoms with van der Waals surface area (Å²) in [6, 6.07) is 13.8. The average Bonchev–Trinajstić information content (AvgIpc) is 2.88. The first-order valence-electron chi connectivity index (χ1n) is 11.9. The zero-order valence-electron chi connectivity index (χ0n) is 19.8. The summed E-state index contributed by atoms with van der Waals surface area (Å²) in [5.41, 5.74) is 1.58. The number of pyridine rings is 1. The number of ether oxygens (including phenoxy) is 1. The number of rotatable bonds is 10. The van der Waals surface area contributed by atoms with Crippen LogP contribution < -0.4 is 4.74 Å². The smallest absolute Gasteiger partial charge is 0.308 e. The van der Waals surface area contributed by atoms with Crippen LogP contribution in [0.15, 0.2) is 59.6 Å². The highest BCUT2D eigenvalue weighted by Gasteiger charge is 2.34. The van der Waals surface area contributed by atoms with Crippen molar-refractivity contribution < 1.29 is 24.1 Å². The van der Waals surface area contributed by atoms with Crippen LogP contribution in [0.4, 0.5) is 4.39 Å². The molecule has 0 saturated carbocycles. The van der Waals surface area contributed by atoms with Crippen LogP contribution in [0.2, 0.25) is 0 Å². The standard InChI is InChI=1S/C27H31FN2O4S/c1-34-20-5-8-25-23(16-20)22(10-12-29-25)26(31)9-2-18-11-13-30(17-24(18)27(32)33)14-15-35-21-6-3-19(28)4-7-21/h3-8,10,12,16,18,24,26,31H,2,9,11,13-15,17H2,1H3,(H,32,33)/t18-,24+,26+/m1/s1. The molecule has 0 aliphatic carbocycles. The largest absolute Gasteiger partial charge is 0.497 e. The van der Waals surface area contributed by atoms with Gasteiger partial charge in [-0.05, 0) is 85.8 Å². The van der Waals surface area contributed by atoms with E-state index in [9.17, 15) is 19.4 Å². The Hall–Kier alpha value is -2.68. The van der Waals surface area contributed by atoms with Gasteiger partial charge in [0.2, 0.25) is 0 Å². The van der Waals surface area contributed by atoms with E-state index in [0.717, 1.165) is 46.6 Å². The molecule has 0 spiro atoms. The molecule has 35 heavy (non-hydrogen) atoms. The topological polar surface area (TPSA) is 82.9 Å². The number of carbonyl (C=O) groups is 1. The summed E-state index contributed by atoms with van der Waals surface area (Å²) in [5, 5.41) is 21.7. The van der Waals surface area contributed by atoms with E-state index in [1.54, 1.807) is 37.2 Å². The second-order valence-electron chi connectivity index (χ2n) is 8.97. The van der Waals surface area contributed by atoms with E-state index in [0.29, 0.717) is 25.1 Å². The lowest BCUT2D eigenvalue weighted by atomic mass is 9.81. The highest BCUT2D eigenvalue weighted by atomic mass is 32.2. The van der Waals surface area contributed by atoms with Gasteiger partial charge in [0, 0.05) is 35.3 Å². The molecular formula is C27H31FN2O4S. The summed E-state index contributed by atoms with van der Waals surface area (Å²) in [4.78, 5) is 19.6. The highest BCUT2D eigenvalue weighted by Crippen LogP contribution is 2.34. The van der Waals surface area contributed by atoms with Crippen LogP contribution in [-0.2, 0) is 4.79 Å². The molecule has 0 amide bonds. The molecule has 1 fully saturated rings. The van der Waals surface area contributed by atoms with E-state index in [-0.39, 0.29) is 11.7 Å². The molecule has 1 saturated heterocycles. The molecular weight excluding hydrogens is 467 g/mol. The Balaban J connectivity index is 1.32. The van der Waals surface area contributed by atoms with E-state index in [1.807, 2.05) is 24.3 Å². The van der Waals surface area contributed by atoms with Crippen molar-refractivity contribution in [3.05, 3.63) is 66.1 Å². The number of hydrogen-bond donors (Lipinski definition) is 2. The highest BCUT2D eigenvalue weighted by molar-refractivity contribution is 7.99. The van der Waals surface area contributed by atoms with E-state index in [4.69, 9.17) is 4.74 Å². The molecule has 0 radical (unpaired) electrons. The van der Waals surface area contributed by atoms with Gasteiger partial charge in [0.25, 0.3) is 0 Å². The molecule has 3 aromatic rings. The minimum Gasteiger partial charge on any atom is -0.497 e. The van der Waals surface area contributed by atoms with Crippen molar-refractivity contribution in [3.8, 4) is 5.75 Å². The van der Waals surface area contributed by atoms with E-state index >= 15 is 0 Å². The number of likely N-dealkylation sites (tertiary alicyclic amines) is 1. The van der Waals surface area contributed by atoms with Crippen molar-refractivity contribution in [2.75, 3.05) is 32.5 Å². The van der Waals surface area contributed by atoms with Crippen LogP contribution in [0.25, 0.3) is 10.9 Å². The SMILES string of the molecule is COc1ccc2nccc([C@@H](O)CC[C@@H]3CCN(CCSc4ccc(F)cc4)C[C@@H]3C(=O)O)c2c1. The predicted molar refractivity (Wildman–Crippen MR) is 135 cm³/mol. The maximum absolute atomic E-state index is 13.1. The quantitative estimate of drug-likeness (QED) is 0.380. The van der Waals surface area contributed by atoms with Crippen molar-refractivity contribution in [2.24, 2.45) is 11.8 Å². The van der Waals surface area contributed by atoms with Gasteiger partial charge in [-0.15, -0.1) is 11.8 Å². The van der Waals surface area contributed by atoms with Crippen LogP contribution in [0, 0.1) is 17.7 Å². The van der Waals surface area contributed by atoms with Gasteiger partial charge in [-0.2, -0.15) is 0 Å². The first-order chi connectivity index (χ1) is 16.9. The maximum Gasteiger partial charge on any atom is 0.308 e. The fraction of sp³-hybridized carbons (Fsp3) is 0.407. The van der Waals surface area contributed by atoms with Crippen molar-refractivity contribution in [1.82, 2.24) is 9.88 Å². The van der Waals surface area contributed by atoms with Gasteiger partial charge >= 0.3 is 5.97 Å². The van der Waals surface area contributed by atoms with Crippen LogP contribution in [0.1, 0.15) is 30.9 Å². The normalized spacial score (nSPS) is 19.5. The Morgan fingerprint density at radius 1 is 1.26 bits per heavy atom. The van der Waals surface area contributed by atoms with Gasteiger partial charge in [0.05, 0.1) is 24.6 Å². The number of piperidine rings is 1. The van der Waals surface area contributed by atoms with Crippen LogP contribution in [0.3, 0.4) is 0 Å². The van der Waals surface area contributed by atoms with Gasteiger partial charge in [-0.25, -0.2) is 4.39 Å². The predicted octanol–water partition coefficient (Wildman–Crippen LogP) is 5.01. The molecule has 186 valence electrons. The Kier molecular flexibility index (Phi) is 8.59. The molecule has 2 N–H and O–H groups in total. The lowest BCUT2D eigenvalue weighted by molar-refractivity contribution is -0.146. The number of thioether (sulfide) groups is 1. The zero-order valence-corrected chi connectivity index (χ0v) is 20.6. The number of carboxylic acids is 1. The molecule has 1 aliphatic rings. The first-order valence-corrected chi connectivity index (χ1v) is 12.9. The number of fused-ring (bicyclic) bond motifs is 1. The number of carboxylic acid groups (broad SMARTS) is 1. The molecule has 2 heterocycles. The number of methoxy groups -OCH3 is 1. The van der Waals surface area contributed by atoms with Crippen molar-refractivity contribution in [2.45, 2.75) is 30.3 Å². The number of aromatic nitrogens is 1. The molecule has 0 unspecified atom stereocenters. The van der Waals surface area contributed by atoms with Gasteiger partial charge in [-0.3, -0.25) is 9.78 Å². The number of aliphatic carboxylic acids is 1. The Morgan fingerprint density at radius 2 is 2.06 bits per heavy atom. The number of halogens is 1. The van der Waals surface area contributed by atoms with Gasteiger partial charge < -0.3 is 19.8 Å². The molecule has 1 aliphatic heterocycles. The third kappa shape index (κ3) is 6.51. The minimum absolute atomic E-state index is 0.0192. The lowest BCUT2D eigenvalue weighted by Gasteiger charge is -2.37. The molecule has 8 heteroatoms. The summed E-state index contributed by atoms with van der Waals surface area (Å²) in [6.45, 7) is 2.13. The Labute approximate surface area is 209 Å². The van der Waals surface area contributed by atoms with E-state index in [2.05, 4.69) is 9.88 Å². The molecule has 6 nitrogen and oxygen atoms in total. The first kappa shape index (κ1) is 25.4. The van der Waals surface area contributed by atoms with Crippen molar-refractivity contribution in [1.29, 1.82) is 0 Å². The van der Waals surface area contributed by atoms with E-state index in [1.165, 1.54) is 12.1 Å². The summed E-state index contributed by atoms with van der Waals surface area (Å²) in [7, 11) is 1.60. The minimum atomic E-state index is -0.778. The van der Waals surface area contributed by atoms with Crippen LogP contribution in [-0.4, -0.2) is 58.6 Å². The third-order valence-corrected chi connectivity index (χ3v) is 7.79. The van der Waals surface area contributed by atoms with Gasteiger partial charge in [0.15, 0.2) is 0 Å². The number of hydrogen-bond acceptors (Lipinski definition) is 6. The number of aliphatic hydroxyl groups is 1. The lowest BCUT2D eigenvalue weighted by Crippen LogP contribution is -2.44. The van der Waals surface area contributed by atoms with E-state index < -0.39 is 18.0 Å². The number of benzene rings is 2. The second kappa shape index (κ2) is 11.8. The molecule has 1 aromatic heterocycles. The maximum atomic E-state index is 13.1. The summed E-state index contributed by atoms with van der Waals surface area (Å²) in [6.07, 6.45) is 2.91. The van der Waals surface area contributed by atoms with Crippen molar-refractivity contribution >= 4 is 28.6 Å². The number of aliphatic hydroxyl groups excluding tert-OH is 1. The molecule has 2 aromatic carbocycles. The third-order valence-electron chi connectivity index (χ3n) is 6.80. The van der Waals surface area contributed by atoms with Crippen LogP contribution in [0.5, 0.6) is 5.75 Å². The monoisotopic (exact) mass is 498 g/mol. The van der Waals surface area contributed by atoms with Gasteiger partial charge in [-0.1, -0.05) is 0 Å². The molecule has 0 bridgehead atoms. The summed E-state index contributed by atoms with van der Waals surface area (Å²) >= 11 is 1.65. The summed E-state index contributed by atoms with van der Waals surface area (Å²) in [5.74, 6) is 0.0591. The Morgan fingerprint density at radius 3 is 2.80 bits per heavy atom. The van der Waals surface area contributed by atoms with Crippen LogP contribution >= 0.6 is 11.8 Å². The fourth-order valence-electron chi connectivity index (χ4n) is 4.81. The van der Waals surface area contributed by atoms with Gasteiger partial charge in [0.1, 0.15) is 11.6 Å². The average molecular weight is 499 g/mol. The molecule has 4 rings (SSSR count). The van der Waals surface area contributed by atoms with Crippen molar-refractivity contribution in [3.63, 3.8) is 0 Å². The summed E-state index contributed by atoms with van der Waals surface area (Å²) < 4.78 is 18.4. The zero-order chi connectivity index (χ0) is 24.8.